The van der Waals surface area contributed by atoms with E-state index >= 15 is 0 Å². The number of benzene rings is 1. The molecule has 2 N–H and O–H groups in total. The summed E-state index contributed by atoms with van der Waals surface area (Å²) in [6.45, 7) is 1.89. The molecule has 0 saturated heterocycles. The van der Waals surface area contributed by atoms with Crippen LogP contribution >= 0.6 is 15.9 Å². The van der Waals surface area contributed by atoms with Crippen LogP contribution in [0.3, 0.4) is 0 Å². The molecule has 1 atom stereocenters. The topological polar surface area (TPSA) is 66.4 Å². The minimum Gasteiger partial charge on any atom is -0.480 e. The number of carboxylic acid groups (broad SMARTS) is 1. The van der Waals surface area contributed by atoms with Gasteiger partial charge in [0.15, 0.2) is 0 Å². The zero-order valence-electron chi connectivity index (χ0n) is 10.9. The van der Waals surface area contributed by atoms with Crippen LogP contribution < -0.4 is 5.32 Å². The molecule has 1 aromatic rings. The largest absolute Gasteiger partial charge is 0.480 e. The molecule has 0 fully saturated rings. The Kier molecular flexibility index (Phi) is 6.56. The van der Waals surface area contributed by atoms with Gasteiger partial charge in [-0.05, 0) is 30.5 Å². The molecule has 5 heteroatoms. The van der Waals surface area contributed by atoms with Crippen molar-refractivity contribution < 1.29 is 14.7 Å². The van der Waals surface area contributed by atoms with Crippen molar-refractivity contribution in [1.29, 1.82) is 0 Å². The van der Waals surface area contributed by atoms with E-state index in [4.69, 9.17) is 5.11 Å². The Labute approximate surface area is 121 Å². The van der Waals surface area contributed by atoms with Gasteiger partial charge in [-0.15, -0.1) is 0 Å². The van der Waals surface area contributed by atoms with Crippen molar-refractivity contribution in [2.45, 2.75) is 38.6 Å². The number of carbonyl (C=O) groups is 2. The molecule has 0 spiro atoms. The number of hydrogen-bond acceptors (Lipinski definition) is 2. The van der Waals surface area contributed by atoms with Crippen LogP contribution in [0.2, 0.25) is 0 Å². The summed E-state index contributed by atoms with van der Waals surface area (Å²) in [6.07, 6.45) is 2.08. The minimum absolute atomic E-state index is 0.221. The quantitative estimate of drug-likeness (QED) is 0.809. The van der Waals surface area contributed by atoms with Crippen LogP contribution in [0.15, 0.2) is 28.7 Å². The molecule has 0 bridgehead atoms. The summed E-state index contributed by atoms with van der Waals surface area (Å²) in [4.78, 5) is 22.6. The first-order valence-corrected chi connectivity index (χ1v) is 7.09. The fraction of sp³-hybridized carbons (Fsp3) is 0.429. The standard InChI is InChI=1S/C14H18BrNO3/c1-2-4-12(14(18)19)16-13(17)8-7-10-5-3-6-11(15)9-10/h3,5-6,9,12H,2,4,7-8H2,1H3,(H,16,17)(H,18,19)/t12-/m1/s1. The van der Waals surface area contributed by atoms with E-state index in [-0.39, 0.29) is 5.91 Å². The van der Waals surface area contributed by atoms with Crippen molar-refractivity contribution in [3.05, 3.63) is 34.3 Å². The molecule has 0 radical (unpaired) electrons. The van der Waals surface area contributed by atoms with Crippen LogP contribution in [-0.2, 0) is 16.0 Å². The van der Waals surface area contributed by atoms with Gasteiger partial charge in [0.05, 0.1) is 0 Å². The van der Waals surface area contributed by atoms with Gasteiger partial charge in [0.1, 0.15) is 6.04 Å². The molecule has 0 aliphatic heterocycles. The van der Waals surface area contributed by atoms with Crippen LogP contribution in [0.1, 0.15) is 31.7 Å². The number of aliphatic carboxylic acids is 1. The van der Waals surface area contributed by atoms with Gasteiger partial charge in [-0.1, -0.05) is 41.4 Å². The lowest BCUT2D eigenvalue weighted by atomic mass is 10.1. The van der Waals surface area contributed by atoms with Crippen LogP contribution in [-0.4, -0.2) is 23.0 Å². The maximum Gasteiger partial charge on any atom is 0.326 e. The highest BCUT2D eigenvalue weighted by Crippen LogP contribution is 2.13. The average Bonchev–Trinajstić information content (AvgIpc) is 2.36. The highest BCUT2D eigenvalue weighted by molar-refractivity contribution is 9.10. The Morgan fingerprint density at radius 2 is 2.16 bits per heavy atom. The molecule has 0 saturated carbocycles. The van der Waals surface area contributed by atoms with Gasteiger partial charge in [0.25, 0.3) is 0 Å². The monoisotopic (exact) mass is 327 g/mol. The van der Waals surface area contributed by atoms with Crippen LogP contribution in [0, 0.1) is 0 Å². The predicted octanol–water partition coefficient (Wildman–Crippen LogP) is 2.75. The molecule has 1 aromatic carbocycles. The highest BCUT2D eigenvalue weighted by atomic mass is 79.9. The van der Waals surface area contributed by atoms with E-state index in [1.807, 2.05) is 31.2 Å². The molecular weight excluding hydrogens is 310 g/mol. The van der Waals surface area contributed by atoms with Gasteiger partial charge in [-0.2, -0.15) is 0 Å². The van der Waals surface area contributed by atoms with E-state index in [1.165, 1.54) is 0 Å². The number of amides is 1. The van der Waals surface area contributed by atoms with E-state index < -0.39 is 12.0 Å². The third-order valence-electron chi connectivity index (χ3n) is 2.74. The molecule has 0 aromatic heterocycles. The fourth-order valence-corrected chi connectivity index (χ4v) is 2.21. The third-order valence-corrected chi connectivity index (χ3v) is 3.23. The Bertz CT molecular complexity index is 448. The Balaban J connectivity index is 2.44. The first-order chi connectivity index (χ1) is 9.02. The number of nitrogens with one attached hydrogen (secondary N) is 1. The summed E-state index contributed by atoms with van der Waals surface area (Å²) in [5, 5.41) is 11.5. The second-order valence-electron chi connectivity index (χ2n) is 4.38. The lowest BCUT2D eigenvalue weighted by Crippen LogP contribution is -2.40. The SMILES string of the molecule is CCC[C@@H](NC(=O)CCc1cccc(Br)c1)C(=O)O. The lowest BCUT2D eigenvalue weighted by molar-refractivity contribution is -0.142. The number of halogens is 1. The fourth-order valence-electron chi connectivity index (χ4n) is 1.76. The molecule has 0 unspecified atom stereocenters. The second kappa shape index (κ2) is 7.94. The maximum atomic E-state index is 11.7. The van der Waals surface area contributed by atoms with Crippen LogP contribution in [0.5, 0.6) is 0 Å². The Hall–Kier alpha value is -1.36. The third kappa shape index (κ3) is 5.87. The molecule has 104 valence electrons. The van der Waals surface area contributed by atoms with Crippen LogP contribution in [0.4, 0.5) is 0 Å². The number of rotatable bonds is 7. The van der Waals surface area contributed by atoms with Crippen molar-refractivity contribution in [3.8, 4) is 0 Å². The van der Waals surface area contributed by atoms with Gasteiger partial charge >= 0.3 is 5.97 Å². The van der Waals surface area contributed by atoms with Gasteiger partial charge in [0.2, 0.25) is 5.91 Å². The zero-order chi connectivity index (χ0) is 14.3. The second-order valence-corrected chi connectivity index (χ2v) is 5.29. The summed E-state index contributed by atoms with van der Waals surface area (Å²) in [5.74, 6) is -1.20. The average molecular weight is 328 g/mol. The minimum atomic E-state index is -0.974. The van der Waals surface area contributed by atoms with Crippen molar-refractivity contribution in [3.63, 3.8) is 0 Å². The molecule has 0 aliphatic carbocycles. The van der Waals surface area contributed by atoms with Crippen molar-refractivity contribution >= 4 is 27.8 Å². The lowest BCUT2D eigenvalue weighted by Gasteiger charge is -2.13. The number of carbonyl (C=O) groups excluding carboxylic acids is 1. The van der Waals surface area contributed by atoms with Gasteiger partial charge < -0.3 is 10.4 Å². The van der Waals surface area contributed by atoms with Crippen molar-refractivity contribution in [2.75, 3.05) is 0 Å². The molecule has 1 amide bonds. The maximum absolute atomic E-state index is 11.7. The van der Waals surface area contributed by atoms with Crippen LogP contribution in [0.25, 0.3) is 0 Å². The first kappa shape index (κ1) is 15.7. The summed E-state index contributed by atoms with van der Waals surface area (Å²) in [7, 11) is 0. The molecule has 0 heterocycles. The zero-order valence-corrected chi connectivity index (χ0v) is 12.4. The first-order valence-electron chi connectivity index (χ1n) is 6.29. The number of carboxylic acids is 1. The van der Waals surface area contributed by atoms with Crippen molar-refractivity contribution in [2.24, 2.45) is 0 Å². The summed E-state index contributed by atoms with van der Waals surface area (Å²) in [5.41, 5.74) is 1.05. The summed E-state index contributed by atoms with van der Waals surface area (Å²) < 4.78 is 0.972. The smallest absolute Gasteiger partial charge is 0.326 e. The van der Waals surface area contributed by atoms with Gasteiger partial charge in [-0.25, -0.2) is 4.79 Å². The van der Waals surface area contributed by atoms with E-state index in [0.29, 0.717) is 19.3 Å². The molecular formula is C14H18BrNO3. The van der Waals surface area contributed by atoms with Gasteiger partial charge in [-0.3, -0.25) is 4.79 Å². The number of hydrogen-bond donors (Lipinski definition) is 2. The molecule has 19 heavy (non-hydrogen) atoms. The van der Waals surface area contributed by atoms with E-state index in [0.717, 1.165) is 16.5 Å². The molecule has 4 nitrogen and oxygen atoms in total. The summed E-state index contributed by atoms with van der Waals surface area (Å²) in [6, 6.07) is 6.95. The Morgan fingerprint density at radius 1 is 1.42 bits per heavy atom. The Morgan fingerprint density at radius 3 is 2.74 bits per heavy atom. The highest BCUT2D eigenvalue weighted by Gasteiger charge is 2.18. The normalized spacial score (nSPS) is 11.9. The predicted molar refractivity (Wildman–Crippen MR) is 76.9 cm³/mol. The van der Waals surface area contributed by atoms with E-state index in [1.54, 1.807) is 0 Å². The van der Waals surface area contributed by atoms with Crippen molar-refractivity contribution in [1.82, 2.24) is 5.32 Å². The molecule has 0 aliphatic rings. The van der Waals surface area contributed by atoms with E-state index in [9.17, 15) is 9.59 Å². The van der Waals surface area contributed by atoms with Gasteiger partial charge in [0, 0.05) is 10.9 Å². The van der Waals surface area contributed by atoms with E-state index in [2.05, 4.69) is 21.2 Å². The number of aryl methyl sites for hydroxylation is 1. The summed E-state index contributed by atoms with van der Waals surface area (Å²) >= 11 is 3.37. The molecule has 1 rings (SSSR count).